The summed E-state index contributed by atoms with van der Waals surface area (Å²) in [5, 5.41) is 0. The van der Waals surface area contributed by atoms with E-state index in [0.29, 0.717) is 17.4 Å². The van der Waals surface area contributed by atoms with E-state index in [-0.39, 0.29) is 32.0 Å². The Morgan fingerprint density at radius 1 is 0.625 bits per heavy atom. The first-order chi connectivity index (χ1) is 23.0. The minimum absolute atomic E-state index is 0.0295. The van der Waals surface area contributed by atoms with E-state index in [2.05, 4.69) is 38.2 Å². The van der Waals surface area contributed by atoms with Gasteiger partial charge in [-0.1, -0.05) is 109 Å². The fourth-order valence-corrected chi connectivity index (χ4v) is 5.63. The van der Waals surface area contributed by atoms with Crippen molar-refractivity contribution < 1.29 is 42.1 Å². The van der Waals surface area contributed by atoms with Gasteiger partial charge in [-0.3, -0.25) is 18.6 Å². The zero-order chi connectivity index (χ0) is 35.8. The topological polar surface area (TPSA) is 108 Å². The van der Waals surface area contributed by atoms with Crippen LogP contribution < -0.4 is 0 Å². The van der Waals surface area contributed by atoms with Crippen LogP contribution in [0.5, 0.6) is 0 Å². The SMILES string of the molecule is CCC/C=C\CCCCCCCC(=O)OCC(COP(=O)(O)OCC[N+](C)(C)C)OC(=O)CCCCCCC/C=C\CCCCCCC. The Bertz CT molecular complexity index is 886. The molecule has 2 atom stereocenters. The Kier molecular flexibility index (Phi) is 30.5. The number of allylic oxidation sites excluding steroid dienone is 4. The average Bonchev–Trinajstić information content (AvgIpc) is 3.02. The zero-order valence-corrected chi connectivity index (χ0v) is 32.4. The second-order valence-corrected chi connectivity index (χ2v) is 15.4. The second-order valence-electron chi connectivity index (χ2n) is 14.0. The van der Waals surface area contributed by atoms with Crippen LogP contribution in [0.4, 0.5) is 0 Å². The van der Waals surface area contributed by atoms with Gasteiger partial charge in [0.05, 0.1) is 27.7 Å². The third-order valence-electron chi connectivity index (χ3n) is 7.93. The van der Waals surface area contributed by atoms with Crippen LogP contribution in [0, 0.1) is 0 Å². The number of carbonyl (C=O) groups is 2. The van der Waals surface area contributed by atoms with Gasteiger partial charge in [0.1, 0.15) is 19.8 Å². The van der Waals surface area contributed by atoms with Gasteiger partial charge < -0.3 is 18.9 Å². The maximum absolute atomic E-state index is 12.6. The minimum Gasteiger partial charge on any atom is -0.462 e. The Morgan fingerprint density at radius 3 is 1.62 bits per heavy atom. The van der Waals surface area contributed by atoms with E-state index in [9.17, 15) is 19.0 Å². The van der Waals surface area contributed by atoms with Gasteiger partial charge >= 0.3 is 19.8 Å². The van der Waals surface area contributed by atoms with Crippen molar-refractivity contribution in [2.75, 3.05) is 47.5 Å². The summed E-state index contributed by atoms with van der Waals surface area (Å²) in [7, 11) is 1.46. The van der Waals surface area contributed by atoms with Crippen LogP contribution in [-0.4, -0.2) is 74.9 Å². The summed E-state index contributed by atoms with van der Waals surface area (Å²) in [5.74, 6) is -0.823. The lowest BCUT2D eigenvalue weighted by Crippen LogP contribution is -2.37. The van der Waals surface area contributed by atoms with E-state index >= 15 is 0 Å². The number of rotatable bonds is 34. The highest BCUT2D eigenvalue weighted by molar-refractivity contribution is 7.47. The molecule has 0 spiro atoms. The molecule has 0 aliphatic carbocycles. The smallest absolute Gasteiger partial charge is 0.462 e. The molecule has 9 nitrogen and oxygen atoms in total. The van der Waals surface area contributed by atoms with Crippen LogP contribution in [0.1, 0.15) is 155 Å². The van der Waals surface area contributed by atoms with E-state index in [0.717, 1.165) is 77.0 Å². The van der Waals surface area contributed by atoms with Crippen molar-refractivity contribution in [3.63, 3.8) is 0 Å². The molecule has 0 bridgehead atoms. The highest BCUT2D eigenvalue weighted by atomic mass is 31.2. The summed E-state index contributed by atoms with van der Waals surface area (Å²) >= 11 is 0. The van der Waals surface area contributed by atoms with Crippen molar-refractivity contribution in [3.05, 3.63) is 24.3 Å². The molecular formula is C38H73NO8P+. The Balaban J connectivity index is 4.46. The molecule has 0 heterocycles. The molecule has 0 aromatic carbocycles. The maximum atomic E-state index is 12.6. The number of carbonyl (C=O) groups excluding carboxylic acids is 2. The van der Waals surface area contributed by atoms with Gasteiger partial charge in [0, 0.05) is 12.8 Å². The fourth-order valence-electron chi connectivity index (χ4n) is 4.89. The third kappa shape index (κ3) is 34.4. The first kappa shape index (κ1) is 46.5. The minimum atomic E-state index is -4.37. The van der Waals surface area contributed by atoms with Crippen LogP contribution in [0.2, 0.25) is 0 Å². The summed E-state index contributed by atoms with van der Waals surface area (Å²) in [6, 6.07) is 0. The van der Waals surface area contributed by atoms with Crippen LogP contribution >= 0.6 is 7.82 Å². The number of hydrogen-bond acceptors (Lipinski definition) is 7. The van der Waals surface area contributed by atoms with Gasteiger partial charge in [-0.25, -0.2) is 4.57 Å². The number of phosphoric ester groups is 1. The van der Waals surface area contributed by atoms with Crippen molar-refractivity contribution in [3.8, 4) is 0 Å². The number of quaternary nitrogens is 1. The molecule has 0 aromatic rings. The molecule has 0 fully saturated rings. The number of nitrogens with zero attached hydrogens (tertiary/aromatic N) is 1. The maximum Gasteiger partial charge on any atom is 0.472 e. The van der Waals surface area contributed by atoms with E-state index in [4.69, 9.17) is 18.5 Å². The number of hydrogen-bond donors (Lipinski definition) is 1. The summed E-state index contributed by atoms with van der Waals surface area (Å²) in [5.41, 5.74) is 0. The van der Waals surface area contributed by atoms with Crippen molar-refractivity contribution in [2.24, 2.45) is 0 Å². The zero-order valence-electron chi connectivity index (χ0n) is 31.5. The van der Waals surface area contributed by atoms with Crippen molar-refractivity contribution in [2.45, 2.75) is 161 Å². The molecule has 2 unspecified atom stereocenters. The molecule has 0 aromatic heterocycles. The molecule has 282 valence electrons. The van der Waals surface area contributed by atoms with E-state index in [1.54, 1.807) is 0 Å². The molecule has 48 heavy (non-hydrogen) atoms. The third-order valence-corrected chi connectivity index (χ3v) is 8.92. The largest absolute Gasteiger partial charge is 0.472 e. The van der Waals surface area contributed by atoms with Crippen LogP contribution in [-0.2, 0) is 32.7 Å². The molecule has 0 amide bonds. The highest BCUT2D eigenvalue weighted by Crippen LogP contribution is 2.43. The van der Waals surface area contributed by atoms with Gasteiger partial charge in [-0.05, 0) is 57.8 Å². The Morgan fingerprint density at radius 2 is 1.10 bits per heavy atom. The van der Waals surface area contributed by atoms with Gasteiger partial charge in [0.2, 0.25) is 0 Å². The number of ether oxygens (including phenoxy) is 2. The van der Waals surface area contributed by atoms with E-state index < -0.39 is 26.5 Å². The van der Waals surface area contributed by atoms with Crippen molar-refractivity contribution in [1.29, 1.82) is 0 Å². The lowest BCUT2D eigenvalue weighted by Gasteiger charge is -2.24. The van der Waals surface area contributed by atoms with Crippen LogP contribution in [0.3, 0.4) is 0 Å². The summed E-state index contributed by atoms with van der Waals surface area (Å²) in [6.45, 7) is 4.31. The molecule has 0 aliphatic heterocycles. The Hall–Kier alpha value is -1.51. The van der Waals surface area contributed by atoms with Crippen LogP contribution in [0.15, 0.2) is 24.3 Å². The van der Waals surface area contributed by atoms with E-state index in [1.165, 1.54) is 44.9 Å². The van der Waals surface area contributed by atoms with Gasteiger partial charge in [-0.15, -0.1) is 0 Å². The predicted molar refractivity (Wildman–Crippen MR) is 197 cm³/mol. The summed E-state index contributed by atoms with van der Waals surface area (Å²) in [4.78, 5) is 35.1. The molecule has 0 saturated carbocycles. The standard InChI is InChI=1S/C38H72NO8P/c1-6-8-10-12-14-16-18-19-20-21-23-25-27-29-31-38(41)47-36(35-46-48(42,43)45-33-32-39(3,4)5)34-44-37(40)30-28-26-24-22-17-15-13-11-9-7-2/h11,13,18-19,36H,6-10,12,14-17,20-35H2,1-5H3/p+1/b13-11-,19-18-. The first-order valence-electron chi connectivity index (χ1n) is 19.1. The molecule has 0 rings (SSSR count). The lowest BCUT2D eigenvalue weighted by molar-refractivity contribution is -0.870. The van der Waals surface area contributed by atoms with Gasteiger partial charge in [-0.2, -0.15) is 0 Å². The number of unbranched alkanes of at least 4 members (excludes halogenated alkanes) is 16. The van der Waals surface area contributed by atoms with Crippen molar-refractivity contribution >= 4 is 19.8 Å². The summed E-state index contributed by atoms with van der Waals surface area (Å²) < 4.78 is 34.1. The molecule has 0 saturated heterocycles. The molecular weight excluding hydrogens is 629 g/mol. The van der Waals surface area contributed by atoms with E-state index in [1.807, 2.05) is 21.1 Å². The number of phosphoric acid groups is 1. The van der Waals surface area contributed by atoms with Gasteiger partial charge in [0.25, 0.3) is 0 Å². The first-order valence-corrected chi connectivity index (χ1v) is 20.6. The van der Waals surface area contributed by atoms with Gasteiger partial charge in [0.15, 0.2) is 6.10 Å². The summed E-state index contributed by atoms with van der Waals surface area (Å²) in [6.07, 6.45) is 30.8. The molecule has 0 aliphatic rings. The quantitative estimate of drug-likeness (QED) is 0.0232. The molecule has 0 radical (unpaired) electrons. The number of esters is 2. The fraction of sp³-hybridized carbons (Fsp3) is 0.842. The van der Waals surface area contributed by atoms with Crippen LogP contribution in [0.25, 0.3) is 0 Å². The molecule has 1 N–H and O–H groups in total. The normalized spacial score (nSPS) is 14.0. The highest BCUT2D eigenvalue weighted by Gasteiger charge is 2.27. The van der Waals surface area contributed by atoms with Crippen molar-refractivity contribution in [1.82, 2.24) is 0 Å². The lowest BCUT2D eigenvalue weighted by atomic mass is 10.1. The second kappa shape index (κ2) is 31.5. The Labute approximate surface area is 294 Å². The average molecular weight is 703 g/mol. The number of likely N-dealkylation sites (N-methyl/N-ethyl adjacent to an activating group) is 1. The molecule has 10 heteroatoms. The monoisotopic (exact) mass is 703 g/mol. The predicted octanol–water partition coefficient (Wildman–Crippen LogP) is 10.0.